The third kappa shape index (κ3) is 4.29. The number of phenols is 2. The van der Waals surface area contributed by atoms with Gasteiger partial charge in [-0.3, -0.25) is 19.1 Å². The number of methoxy groups -OCH3 is 4. The number of aromatic hydroxyl groups is 2. The van der Waals surface area contributed by atoms with Crippen LogP contribution in [0.25, 0.3) is 48.7 Å². The summed E-state index contributed by atoms with van der Waals surface area (Å²) in [6, 6.07) is 2.49. The predicted molar refractivity (Wildman–Crippen MR) is 172 cm³/mol. The monoisotopic (exact) mass is 635 g/mol. The van der Waals surface area contributed by atoms with Gasteiger partial charge in [-0.1, -0.05) is 6.08 Å². The first-order valence-electron chi connectivity index (χ1n) is 13.9. The number of benzene rings is 5. The molecule has 0 saturated carbocycles. The summed E-state index contributed by atoms with van der Waals surface area (Å²) in [5.41, 5.74) is 0.735. The molecule has 0 radical (unpaired) electrons. The molecule has 45 heavy (non-hydrogen) atoms. The molecule has 6 rings (SSSR count). The molecule has 0 fully saturated rings. The smallest absolute Gasteiger partial charge is 0.264 e. The summed E-state index contributed by atoms with van der Waals surface area (Å²) >= 11 is 0. The highest BCUT2D eigenvalue weighted by molar-refractivity contribution is 7.85. The number of ether oxygens (including phenoxy) is 4. The van der Waals surface area contributed by atoms with Crippen molar-refractivity contribution in [1.29, 1.82) is 0 Å². The maximum atomic E-state index is 13.7. The van der Waals surface area contributed by atoms with Crippen molar-refractivity contribution in [1.82, 2.24) is 0 Å². The lowest BCUT2D eigenvalue weighted by atomic mass is 9.82. The second kappa shape index (κ2) is 10.6. The summed E-state index contributed by atoms with van der Waals surface area (Å²) in [6.45, 7) is 1.76. The van der Waals surface area contributed by atoms with Crippen molar-refractivity contribution in [3.05, 3.63) is 49.8 Å². The van der Waals surface area contributed by atoms with Gasteiger partial charge in [0.15, 0.2) is 33.9 Å². The van der Waals surface area contributed by atoms with Gasteiger partial charge in [-0.05, 0) is 25.2 Å². The molecule has 0 saturated heterocycles. The first-order chi connectivity index (χ1) is 21.4. The van der Waals surface area contributed by atoms with Crippen molar-refractivity contribution < 1.29 is 42.1 Å². The Morgan fingerprint density at radius 2 is 1.31 bits per heavy atom. The van der Waals surface area contributed by atoms with E-state index in [-0.39, 0.29) is 58.9 Å². The Hall–Kier alpha value is -4.88. The maximum absolute atomic E-state index is 13.7. The van der Waals surface area contributed by atoms with Crippen LogP contribution in [0.1, 0.15) is 24.5 Å². The number of fused-ring (bicyclic) bond motifs is 1. The molecule has 3 N–H and O–H groups in total. The summed E-state index contributed by atoms with van der Waals surface area (Å²) in [6.07, 6.45) is 2.01. The Bertz CT molecular complexity index is 2360. The average molecular weight is 636 g/mol. The van der Waals surface area contributed by atoms with E-state index in [9.17, 15) is 28.2 Å². The first-order valence-corrected chi connectivity index (χ1v) is 15.5. The van der Waals surface area contributed by atoms with Gasteiger partial charge < -0.3 is 29.2 Å². The van der Waals surface area contributed by atoms with E-state index >= 15 is 0 Å². The standard InChI is InChI=1S/C32H29NO11S/c1-13(33-9-6-10-45(38,39)40)14-7-8-15-20-26-21(14)32(44-5)30(37)23-17(35)12-19(42-3)25(28(23)26)24-18(41-2)11-16(34)22(27(20)24)29(36)31(15)43-4/h7,11-12,36-37H,6,8-10H2,1-5H3,(H,38,39,40). The molecule has 0 bridgehead atoms. The normalized spacial score (nSPS) is 13.6. The molecule has 12 nitrogen and oxygen atoms in total. The van der Waals surface area contributed by atoms with Crippen molar-refractivity contribution in [3.8, 4) is 34.5 Å². The number of rotatable bonds is 9. The molecule has 0 aliphatic heterocycles. The van der Waals surface area contributed by atoms with Crippen LogP contribution in [0, 0.1) is 0 Å². The highest BCUT2D eigenvalue weighted by Gasteiger charge is 2.34. The zero-order valence-electron chi connectivity index (χ0n) is 25.0. The molecular formula is C32H29NO11S. The minimum atomic E-state index is -4.18. The molecule has 0 heterocycles. The Kier molecular flexibility index (Phi) is 7.13. The summed E-state index contributed by atoms with van der Waals surface area (Å²) in [4.78, 5) is 31.8. The topological polar surface area (TPSA) is 178 Å². The third-order valence-electron chi connectivity index (χ3n) is 8.39. The Morgan fingerprint density at radius 1 is 0.778 bits per heavy atom. The molecule has 0 aromatic heterocycles. The lowest BCUT2D eigenvalue weighted by Crippen LogP contribution is -2.10. The summed E-state index contributed by atoms with van der Waals surface area (Å²) < 4.78 is 54.5. The average Bonchev–Trinajstić information content (AvgIpc) is 3.16. The number of hydrogen-bond acceptors (Lipinski definition) is 11. The highest BCUT2D eigenvalue weighted by atomic mass is 32.2. The summed E-state index contributed by atoms with van der Waals surface area (Å²) in [5.74, 6) is -0.881. The minimum absolute atomic E-state index is 0.0220. The van der Waals surface area contributed by atoms with Gasteiger partial charge in [0.25, 0.3) is 10.1 Å². The fraction of sp³-hybridized carbons (Fsp3) is 0.281. The molecule has 5 aromatic rings. The van der Waals surface area contributed by atoms with Gasteiger partial charge in [0.2, 0.25) is 0 Å². The molecule has 0 spiro atoms. The number of nitrogens with zero attached hydrogens (tertiary/aromatic N) is 1. The Balaban J connectivity index is 1.93. The summed E-state index contributed by atoms with van der Waals surface area (Å²) in [7, 11) is 1.34. The quantitative estimate of drug-likeness (QED) is 0.0700. The van der Waals surface area contributed by atoms with Crippen LogP contribution < -0.4 is 29.8 Å². The van der Waals surface area contributed by atoms with Crippen LogP contribution in [0.3, 0.4) is 0 Å². The molecule has 0 amide bonds. The zero-order valence-corrected chi connectivity index (χ0v) is 25.8. The van der Waals surface area contributed by atoms with E-state index in [2.05, 4.69) is 4.99 Å². The molecule has 0 atom stereocenters. The highest BCUT2D eigenvalue weighted by Crippen LogP contribution is 2.57. The maximum Gasteiger partial charge on any atom is 0.264 e. The van der Waals surface area contributed by atoms with Crippen LogP contribution in [-0.4, -0.2) is 69.6 Å². The van der Waals surface area contributed by atoms with E-state index in [0.717, 1.165) is 0 Å². The van der Waals surface area contributed by atoms with Crippen LogP contribution in [-0.2, 0) is 16.5 Å². The molecule has 1 aliphatic rings. The molecule has 234 valence electrons. The van der Waals surface area contributed by atoms with Crippen LogP contribution in [0.5, 0.6) is 34.5 Å². The molecule has 13 heteroatoms. The predicted octanol–water partition coefficient (Wildman–Crippen LogP) is 4.02. The van der Waals surface area contributed by atoms with Gasteiger partial charge in [-0.15, -0.1) is 0 Å². The largest absolute Gasteiger partial charge is 0.504 e. The third-order valence-corrected chi connectivity index (χ3v) is 9.20. The molecule has 0 unspecified atom stereocenters. The second-order valence-corrected chi connectivity index (χ2v) is 12.3. The molecule has 1 aliphatic carbocycles. The molecular weight excluding hydrogens is 606 g/mol. The molecule has 5 aromatic carbocycles. The van der Waals surface area contributed by atoms with E-state index in [0.29, 0.717) is 54.7 Å². The fourth-order valence-electron chi connectivity index (χ4n) is 6.66. The van der Waals surface area contributed by atoms with Crippen LogP contribution in [0.2, 0.25) is 0 Å². The number of hydrogen-bond donors (Lipinski definition) is 3. The van der Waals surface area contributed by atoms with E-state index < -0.39 is 32.5 Å². The van der Waals surface area contributed by atoms with Gasteiger partial charge in [-0.2, -0.15) is 8.42 Å². The van der Waals surface area contributed by atoms with Crippen LogP contribution in [0.4, 0.5) is 0 Å². The zero-order chi connectivity index (χ0) is 32.5. The number of aliphatic imine (C=N–C) groups is 1. The van der Waals surface area contributed by atoms with Crippen LogP contribution in [0.15, 0.2) is 32.8 Å². The van der Waals surface area contributed by atoms with Crippen molar-refractivity contribution >= 4 is 64.5 Å². The summed E-state index contributed by atoms with van der Waals surface area (Å²) in [5, 5.41) is 25.5. The number of phenolic OH excluding ortho intramolecular Hbond substituents is 2. The van der Waals surface area contributed by atoms with E-state index in [4.69, 9.17) is 23.5 Å². The second-order valence-electron chi connectivity index (χ2n) is 10.7. The fourth-order valence-corrected chi connectivity index (χ4v) is 7.15. The van der Waals surface area contributed by atoms with Crippen LogP contribution >= 0.6 is 0 Å². The van der Waals surface area contributed by atoms with Gasteiger partial charge in [0.1, 0.15) is 11.5 Å². The van der Waals surface area contributed by atoms with Crippen molar-refractivity contribution in [2.24, 2.45) is 4.99 Å². The van der Waals surface area contributed by atoms with Crippen molar-refractivity contribution in [2.75, 3.05) is 40.7 Å². The van der Waals surface area contributed by atoms with Crippen molar-refractivity contribution in [3.63, 3.8) is 0 Å². The lowest BCUT2D eigenvalue weighted by molar-refractivity contribution is 0.373. The first kappa shape index (κ1) is 30.2. The van der Waals surface area contributed by atoms with Gasteiger partial charge >= 0.3 is 0 Å². The van der Waals surface area contributed by atoms with Gasteiger partial charge in [-0.25, -0.2) is 0 Å². The number of allylic oxidation sites excluding steroid dienone is 2. The minimum Gasteiger partial charge on any atom is -0.504 e. The van der Waals surface area contributed by atoms with Gasteiger partial charge in [0.05, 0.1) is 45.0 Å². The van der Waals surface area contributed by atoms with E-state index in [1.54, 1.807) is 13.0 Å². The van der Waals surface area contributed by atoms with Gasteiger partial charge in [0, 0.05) is 68.0 Å². The van der Waals surface area contributed by atoms with E-state index in [1.165, 1.54) is 40.6 Å². The lowest BCUT2D eigenvalue weighted by Gasteiger charge is -2.24. The Morgan fingerprint density at radius 3 is 1.82 bits per heavy atom. The van der Waals surface area contributed by atoms with E-state index in [1.807, 2.05) is 0 Å². The Labute approximate surface area is 256 Å². The SMILES string of the molecule is COc1c(O)c2c(=O)cc(OC)c3c4c(OC)cc(=O)c5c(O)c(OC)c6c(c(c1CC=C6C(C)=NCCCS(=O)(=O)O)c23)c54. The van der Waals surface area contributed by atoms with Crippen molar-refractivity contribution in [2.45, 2.75) is 19.8 Å².